The van der Waals surface area contributed by atoms with E-state index in [1.807, 2.05) is 6.92 Å². The van der Waals surface area contributed by atoms with Gasteiger partial charge in [-0.25, -0.2) is 0 Å². The van der Waals surface area contributed by atoms with Gasteiger partial charge in [0.1, 0.15) is 0 Å². The molecule has 22 heavy (non-hydrogen) atoms. The van der Waals surface area contributed by atoms with Crippen molar-refractivity contribution < 1.29 is 5.11 Å². The van der Waals surface area contributed by atoms with Gasteiger partial charge >= 0.3 is 0 Å². The minimum absolute atomic E-state index is 0.394. The van der Waals surface area contributed by atoms with Crippen LogP contribution in [0.25, 0.3) is 0 Å². The Morgan fingerprint density at radius 3 is 1.82 bits per heavy atom. The number of piperidine rings is 1. The lowest BCUT2D eigenvalue weighted by molar-refractivity contribution is -0.00587. The Hall–Kier alpha value is -1.64. The lowest BCUT2D eigenvalue weighted by Gasteiger charge is -2.37. The topological polar surface area (TPSA) is 23.5 Å². The van der Waals surface area contributed by atoms with Crippen molar-refractivity contribution in [1.29, 1.82) is 0 Å². The predicted molar refractivity (Wildman–Crippen MR) is 91.0 cm³/mol. The van der Waals surface area contributed by atoms with Gasteiger partial charge in [0.15, 0.2) is 0 Å². The third-order valence-electron chi connectivity index (χ3n) is 4.78. The first-order valence-electron chi connectivity index (χ1n) is 8.19. The van der Waals surface area contributed by atoms with Crippen molar-refractivity contribution in [3.8, 4) is 0 Å². The number of benzene rings is 2. The van der Waals surface area contributed by atoms with Crippen LogP contribution in [0.5, 0.6) is 0 Å². The van der Waals surface area contributed by atoms with Crippen LogP contribution < -0.4 is 0 Å². The Morgan fingerprint density at radius 2 is 1.36 bits per heavy atom. The molecule has 0 aliphatic carbocycles. The van der Waals surface area contributed by atoms with Gasteiger partial charge in [0.05, 0.1) is 5.60 Å². The molecule has 3 rings (SSSR count). The molecule has 2 aromatic rings. The van der Waals surface area contributed by atoms with Gasteiger partial charge in [-0.1, -0.05) is 60.7 Å². The Kier molecular flexibility index (Phi) is 4.60. The predicted octanol–water partition coefficient (Wildman–Crippen LogP) is 3.67. The molecule has 0 unspecified atom stereocenters. The molecule has 0 radical (unpaired) electrons. The number of hydrogen-bond donors (Lipinski definition) is 1. The maximum atomic E-state index is 10.1. The summed E-state index contributed by atoms with van der Waals surface area (Å²) < 4.78 is 0. The zero-order valence-corrected chi connectivity index (χ0v) is 13.3. The van der Waals surface area contributed by atoms with Gasteiger partial charge < -0.3 is 10.0 Å². The monoisotopic (exact) mass is 295 g/mol. The molecule has 116 valence electrons. The fraction of sp³-hybridized carbons (Fsp3) is 0.400. The maximum absolute atomic E-state index is 10.1. The SMILES string of the molecule is CC1(O)CCN(CC(c2ccccc2)c2ccccc2)CC1. The van der Waals surface area contributed by atoms with Crippen LogP contribution >= 0.6 is 0 Å². The summed E-state index contributed by atoms with van der Waals surface area (Å²) in [5, 5.41) is 10.1. The first-order chi connectivity index (χ1) is 10.6. The molecule has 1 heterocycles. The van der Waals surface area contributed by atoms with Crippen LogP contribution in [-0.2, 0) is 0 Å². The molecule has 1 aliphatic rings. The van der Waals surface area contributed by atoms with Gasteiger partial charge in [-0.3, -0.25) is 0 Å². The van der Waals surface area contributed by atoms with Crippen LogP contribution in [-0.4, -0.2) is 35.2 Å². The van der Waals surface area contributed by atoms with Crippen molar-refractivity contribution in [3.63, 3.8) is 0 Å². The van der Waals surface area contributed by atoms with Crippen molar-refractivity contribution in [2.24, 2.45) is 0 Å². The summed E-state index contributed by atoms with van der Waals surface area (Å²) in [6.45, 7) is 4.92. The van der Waals surface area contributed by atoms with Gasteiger partial charge in [0.2, 0.25) is 0 Å². The van der Waals surface area contributed by atoms with E-state index >= 15 is 0 Å². The second kappa shape index (κ2) is 6.64. The van der Waals surface area contributed by atoms with Gasteiger partial charge in [0, 0.05) is 25.6 Å². The molecule has 1 fully saturated rings. The molecule has 2 nitrogen and oxygen atoms in total. The Bertz CT molecular complexity index is 530. The molecular weight excluding hydrogens is 270 g/mol. The number of hydrogen-bond acceptors (Lipinski definition) is 2. The molecule has 1 aliphatic heterocycles. The van der Waals surface area contributed by atoms with Gasteiger partial charge in [-0.15, -0.1) is 0 Å². The standard InChI is InChI=1S/C20H25NO/c1-20(22)12-14-21(15-13-20)16-19(17-8-4-2-5-9-17)18-10-6-3-7-11-18/h2-11,19,22H,12-16H2,1H3. The van der Waals surface area contributed by atoms with E-state index in [1.165, 1.54) is 11.1 Å². The summed E-state index contributed by atoms with van der Waals surface area (Å²) in [4.78, 5) is 2.49. The van der Waals surface area contributed by atoms with Crippen LogP contribution in [0.15, 0.2) is 60.7 Å². The first-order valence-corrected chi connectivity index (χ1v) is 8.19. The molecule has 1 saturated heterocycles. The van der Waals surface area contributed by atoms with E-state index < -0.39 is 5.60 Å². The molecule has 0 spiro atoms. The van der Waals surface area contributed by atoms with Crippen LogP contribution in [0.1, 0.15) is 36.8 Å². The fourth-order valence-corrected chi connectivity index (χ4v) is 3.25. The summed E-state index contributed by atoms with van der Waals surface area (Å²) in [5.74, 6) is 0.394. The van der Waals surface area contributed by atoms with Crippen LogP contribution in [0, 0.1) is 0 Å². The van der Waals surface area contributed by atoms with Crippen molar-refractivity contribution in [1.82, 2.24) is 4.90 Å². The Balaban J connectivity index is 1.78. The molecule has 0 atom stereocenters. The molecule has 0 saturated carbocycles. The second-order valence-corrected chi connectivity index (χ2v) is 6.67. The van der Waals surface area contributed by atoms with E-state index in [0.29, 0.717) is 5.92 Å². The highest BCUT2D eigenvalue weighted by Gasteiger charge is 2.28. The Labute approximate surface area is 133 Å². The zero-order chi connectivity index (χ0) is 15.4. The van der Waals surface area contributed by atoms with E-state index in [-0.39, 0.29) is 0 Å². The lowest BCUT2D eigenvalue weighted by atomic mass is 9.88. The minimum Gasteiger partial charge on any atom is -0.390 e. The largest absolute Gasteiger partial charge is 0.390 e. The third-order valence-corrected chi connectivity index (χ3v) is 4.78. The van der Waals surface area contributed by atoms with Crippen LogP contribution in [0.4, 0.5) is 0 Å². The van der Waals surface area contributed by atoms with Gasteiger partial charge in [-0.05, 0) is 30.9 Å². The summed E-state index contributed by atoms with van der Waals surface area (Å²) in [6, 6.07) is 21.5. The summed E-state index contributed by atoms with van der Waals surface area (Å²) in [6.07, 6.45) is 1.73. The van der Waals surface area contributed by atoms with Crippen molar-refractivity contribution >= 4 is 0 Å². The van der Waals surface area contributed by atoms with Crippen molar-refractivity contribution in [2.75, 3.05) is 19.6 Å². The highest BCUT2D eigenvalue weighted by molar-refractivity contribution is 5.32. The van der Waals surface area contributed by atoms with Crippen LogP contribution in [0.3, 0.4) is 0 Å². The number of nitrogens with zero attached hydrogens (tertiary/aromatic N) is 1. The average molecular weight is 295 g/mol. The summed E-state index contributed by atoms with van der Waals surface area (Å²) >= 11 is 0. The molecule has 0 aromatic heterocycles. The molecular formula is C20H25NO. The molecule has 2 aromatic carbocycles. The Morgan fingerprint density at radius 1 is 0.909 bits per heavy atom. The van der Waals surface area contributed by atoms with Gasteiger partial charge in [-0.2, -0.15) is 0 Å². The molecule has 2 heteroatoms. The number of aliphatic hydroxyl groups is 1. The number of likely N-dealkylation sites (tertiary alicyclic amines) is 1. The number of rotatable bonds is 4. The second-order valence-electron chi connectivity index (χ2n) is 6.67. The van der Waals surface area contributed by atoms with Crippen LogP contribution in [0.2, 0.25) is 0 Å². The molecule has 0 amide bonds. The van der Waals surface area contributed by atoms with Crippen molar-refractivity contribution in [2.45, 2.75) is 31.3 Å². The van der Waals surface area contributed by atoms with E-state index in [1.54, 1.807) is 0 Å². The van der Waals surface area contributed by atoms with Gasteiger partial charge in [0.25, 0.3) is 0 Å². The van der Waals surface area contributed by atoms with E-state index in [4.69, 9.17) is 0 Å². The normalized spacial score (nSPS) is 18.5. The zero-order valence-electron chi connectivity index (χ0n) is 13.3. The smallest absolute Gasteiger partial charge is 0.0644 e. The first kappa shape index (κ1) is 15.3. The highest BCUT2D eigenvalue weighted by atomic mass is 16.3. The van der Waals surface area contributed by atoms with E-state index in [2.05, 4.69) is 65.6 Å². The van der Waals surface area contributed by atoms with E-state index in [9.17, 15) is 5.11 Å². The van der Waals surface area contributed by atoms with Crippen molar-refractivity contribution in [3.05, 3.63) is 71.8 Å². The highest BCUT2D eigenvalue weighted by Crippen LogP contribution is 2.28. The van der Waals surface area contributed by atoms with E-state index in [0.717, 1.165) is 32.5 Å². The summed E-state index contributed by atoms with van der Waals surface area (Å²) in [5.41, 5.74) is 2.25. The minimum atomic E-state index is -0.481. The molecule has 0 bridgehead atoms. The third kappa shape index (κ3) is 3.76. The quantitative estimate of drug-likeness (QED) is 0.930. The lowest BCUT2D eigenvalue weighted by Crippen LogP contribution is -2.43. The fourth-order valence-electron chi connectivity index (χ4n) is 3.25. The molecule has 1 N–H and O–H groups in total. The maximum Gasteiger partial charge on any atom is 0.0644 e. The average Bonchev–Trinajstić information content (AvgIpc) is 2.55. The summed E-state index contributed by atoms with van der Waals surface area (Å²) in [7, 11) is 0.